The fourth-order valence-corrected chi connectivity index (χ4v) is 2.30. The molecule has 0 aliphatic heterocycles. The highest BCUT2D eigenvalue weighted by molar-refractivity contribution is 7.89. The molecule has 1 aromatic rings. The van der Waals surface area contributed by atoms with E-state index in [9.17, 15) is 31.5 Å². The van der Waals surface area contributed by atoms with Gasteiger partial charge in [0.25, 0.3) is 0 Å². The van der Waals surface area contributed by atoms with Gasteiger partial charge >= 0.3 is 5.97 Å². The predicted octanol–water partition coefficient (Wildman–Crippen LogP) is 0.218. The van der Waals surface area contributed by atoms with Gasteiger partial charge in [0.05, 0.1) is 6.54 Å². The molecule has 0 heterocycles. The van der Waals surface area contributed by atoms with Gasteiger partial charge in [-0.25, -0.2) is 31.1 Å². The number of hydrogen-bond donors (Lipinski definition) is 3. The van der Waals surface area contributed by atoms with Crippen molar-refractivity contribution in [2.24, 2.45) is 0 Å². The SMILES string of the molecule is CC(O)(CNS(=O)(=O)c1cc(F)c(F)cc1F)C(=O)O. The van der Waals surface area contributed by atoms with Crippen molar-refractivity contribution in [2.45, 2.75) is 17.4 Å². The molecule has 0 spiro atoms. The number of aliphatic carboxylic acids is 1. The monoisotopic (exact) mass is 313 g/mol. The Hall–Kier alpha value is -1.65. The van der Waals surface area contributed by atoms with Gasteiger partial charge in [-0.15, -0.1) is 0 Å². The second-order valence-electron chi connectivity index (χ2n) is 4.10. The van der Waals surface area contributed by atoms with Gasteiger partial charge in [-0.05, 0) is 13.0 Å². The Kier molecular flexibility index (Phi) is 4.42. The predicted molar refractivity (Wildman–Crippen MR) is 59.8 cm³/mol. The minimum absolute atomic E-state index is 0.0409. The number of rotatable bonds is 5. The summed E-state index contributed by atoms with van der Waals surface area (Å²) in [5, 5.41) is 17.9. The summed E-state index contributed by atoms with van der Waals surface area (Å²) in [5.41, 5.74) is -2.44. The zero-order valence-electron chi connectivity index (χ0n) is 10.0. The van der Waals surface area contributed by atoms with E-state index in [1.54, 1.807) is 4.72 Å². The van der Waals surface area contributed by atoms with Gasteiger partial charge in [0.15, 0.2) is 17.2 Å². The van der Waals surface area contributed by atoms with Crippen LogP contribution in [-0.2, 0) is 14.8 Å². The van der Waals surface area contributed by atoms with Crippen LogP contribution in [0.4, 0.5) is 13.2 Å². The molecule has 1 atom stereocenters. The minimum atomic E-state index is -4.65. The molecule has 0 radical (unpaired) electrons. The first kappa shape index (κ1) is 16.4. The van der Waals surface area contributed by atoms with Crippen molar-refractivity contribution >= 4 is 16.0 Å². The van der Waals surface area contributed by atoms with Gasteiger partial charge in [0.1, 0.15) is 10.7 Å². The molecule has 112 valence electrons. The molecule has 6 nitrogen and oxygen atoms in total. The number of halogens is 3. The second kappa shape index (κ2) is 5.38. The molecule has 0 bridgehead atoms. The fraction of sp³-hybridized carbons (Fsp3) is 0.300. The summed E-state index contributed by atoms with van der Waals surface area (Å²) in [4.78, 5) is 9.37. The summed E-state index contributed by atoms with van der Waals surface area (Å²) >= 11 is 0. The molecule has 0 saturated carbocycles. The molecule has 0 aromatic heterocycles. The Morgan fingerprint density at radius 1 is 1.25 bits per heavy atom. The summed E-state index contributed by atoms with van der Waals surface area (Å²) in [6.45, 7) is -0.178. The number of nitrogens with one attached hydrogen (secondary N) is 1. The molecule has 1 aromatic carbocycles. The smallest absolute Gasteiger partial charge is 0.336 e. The van der Waals surface area contributed by atoms with E-state index in [2.05, 4.69) is 0 Å². The van der Waals surface area contributed by atoms with Crippen LogP contribution in [0.2, 0.25) is 0 Å². The first-order chi connectivity index (χ1) is 8.97. The van der Waals surface area contributed by atoms with E-state index in [1.807, 2.05) is 0 Å². The first-order valence-corrected chi connectivity index (χ1v) is 6.55. The van der Waals surface area contributed by atoms with Crippen LogP contribution in [0.25, 0.3) is 0 Å². The highest BCUT2D eigenvalue weighted by Crippen LogP contribution is 2.18. The average Bonchev–Trinajstić information content (AvgIpc) is 2.31. The number of sulfonamides is 1. The van der Waals surface area contributed by atoms with Gasteiger partial charge in [0.2, 0.25) is 10.0 Å². The van der Waals surface area contributed by atoms with Gasteiger partial charge in [0, 0.05) is 6.07 Å². The van der Waals surface area contributed by atoms with Crippen LogP contribution in [0.1, 0.15) is 6.92 Å². The zero-order valence-corrected chi connectivity index (χ0v) is 10.8. The van der Waals surface area contributed by atoms with Crippen LogP contribution in [0.3, 0.4) is 0 Å². The van der Waals surface area contributed by atoms with Crippen LogP contribution in [0.5, 0.6) is 0 Å². The lowest BCUT2D eigenvalue weighted by Crippen LogP contribution is -2.46. The number of hydrogen-bond acceptors (Lipinski definition) is 4. The zero-order chi connectivity index (χ0) is 15.7. The summed E-state index contributed by atoms with van der Waals surface area (Å²) < 4.78 is 63.8. The van der Waals surface area contributed by atoms with Crippen LogP contribution >= 0.6 is 0 Å². The fourth-order valence-electron chi connectivity index (χ4n) is 1.10. The molecular formula is C10H10F3NO5S. The molecule has 0 saturated heterocycles. The summed E-state index contributed by atoms with van der Waals surface area (Å²) in [6.07, 6.45) is 0. The third kappa shape index (κ3) is 3.46. The van der Waals surface area contributed by atoms with Crippen LogP contribution in [0, 0.1) is 17.5 Å². The highest BCUT2D eigenvalue weighted by Gasteiger charge is 2.32. The lowest BCUT2D eigenvalue weighted by molar-refractivity contribution is -0.155. The van der Waals surface area contributed by atoms with Crippen LogP contribution < -0.4 is 4.72 Å². The van der Waals surface area contributed by atoms with Gasteiger partial charge < -0.3 is 10.2 Å². The molecule has 1 unspecified atom stereocenters. The maximum atomic E-state index is 13.3. The van der Waals surface area contributed by atoms with Crippen molar-refractivity contribution in [1.82, 2.24) is 4.72 Å². The van der Waals surface area contributed by atoms with Crippen molar-refractivity contribution < 1.29 is 36.6 Å². The molecule has 0 amide bonds. The van der Waals surface area contributed by atoms with Gasteiger partial charge in [-0.1, -0.05) is 0 Å². The van der Waals surface area contributed by atoms with E-state index in [0.717, 1.165) is 6.92 Å². The lowest BCUT2D eigenvalue weighted by Gasteiger charge is -2.18. The van der Waals surface area contributed by atoms with E-state index in [0.29, 0.717) is 0 Å². The lowest BCUT2D eigenvalue weighted by atomic mass is 10.1. The average molecular weight is 313 g/mol. The Morgan fingerprint density at radius 2 is 1.75 bits per heavy atom. The molecule has 20 heavy (non-hydrogen) atoms. The first-order valence-electron chi connectivity index (χ1n) is 5.07. The highest BCUT2D eigenvalue weighted by atomic mass is 32.2. The van der Waals surface area contributed by atoms with Crippen molar-refractivity contribution in [3.63, 3.8) is 0 Å². The van der Waals surface area contributed by atoms with Crippen molar-refractivity contribution in [3.8, 4) is 0 Å². The summed E-state index contributed by atoms with van der Waals surface area (Å²) in [6, 6.07) is 0.154. The third-order valence-corrected chi connectivity index (χ3v) is 3.75. The van der Waals surface area contributed by atoms with Gasteiger partial charge in [-0.3, -0.25) is 0 Å². The second-order valence-corrected chi connectivity index (χ2v) is 5.84. The van der Waals surface area contributed by atoms with Crippen molar-refractivity contribution in [2.75, 3.05) is 6.54 Å². The van der Waals surface area contributed by atoms with E-state index >= 15 is 0 Å². The largest absolute Gasteiger partial charge is 0.479 e. The molecule has 0 aliphatic rings. The topological polar surface area (TPSA) is 104 Å². The molecule has 10 heteroatoms. The Bertz CT molecular complexity index is 645. The molecule has 1 rings (SSSR count). The maximum Gasteiger partial charge on any atom is 0.336 e. The number of carboxylic acid groups (broad SMARTS) is 1. The number of carbonyl (C=O) groups is 1. The Labute approximate surface area is 111 Å². The molecule has 0 fully saturated rings. The number of carboxylic acids is 1. The van der Waals surface area contributed by atoms with E-state index in [1.165, 1.54) is 0 Å². The molecule has 0 aliphatic carbocycles. The minimum Gasteiger partial charge on any atom is -0.479 e. The van der Waals surface area contributed by atoms with Crippen molar-refractivity contribution in [1.29, 1.82) is 0 Å². The van der Waals surface area contributed by atoms with E-state index in [4.69, 9.17) is 5.11 Å². The number of aliphatic hydroxyl groups is 1. The molecular weight excluding hydrogens is 303 g/mol. The number of benzene rings is 1. The van der Waals surface area contributed by atoms with Crippen molar-refractivity contribution in [3.05, 3.63) is 29.6 Å². The Balaban J connectivity index is 3.07. The van der Waals surface area contributed by atoms with E-state index < -0.39 is 50.5 Å². The standard InChI is InChI=1S/C10H10F3NO5S/c1-10(17,9(15)16)4-14-20(18,19)8-3-6(12)5(11)2-7(8)13/h2-3,14,17H,4H2,1H3,(H,15,16). The van der Waals surface area contributed by atoms with Crippen LogP contribution in [-0.4, -0.2) is 36.7 Å². The van der Waals surface area contributed by atoms with Gasteiger partial charge in [-0.2, -0.15) is 0 Å². The summed E-state index contributed by atoms with van der Waals surface area (Å²) in [5.74, 6) is -6.42. The summed E-state index contributed by atoms with van der Waals surface area (Å²) in [7, 11) is -4.65. The van der Waals surface area contributed by atoms with E-state index in [-0.39, 0.29) is 12.1 Å². The normalized spacial score (nSPS) is 14.8. The van der Waals surface area contributed by atoms with Crippen LogP contribution in [0.15, 0.2) is 17.0 Å². The maximum absolute atomic E-state index is 13.3. The third-order valence-electron chi connectivity index (χ3n) is 2.33. The quantitative estimate of drug-likeness (QED) is 0.675. The molecule has 3 N–H and O–H groups in total. The Morgan fingerprint density at radius 3 is 2.25 bits per heavy atom.